The molecule has 0 aromatic heterocycles. The number of carbonyl (C=O) groups excluding carboxylic acids is 2. The number of likely N-dealkylation sites (tertiary alicyclic amines) is 2. The molecule has 1 N–H and O–H groups in total. The van der Waals surface area contributed by atoms with Gasteiger partial charge in [0, 0.05) is 38.3 Å². The summed E-state index contributed by atoms with van der Waals surface area (Å²) in [5.74, 6) is -0.503. The molecule has 8 heteroatoms. The second-order valence-corrected chi connectivity index (χ2v) is 10.4. The van der Waals surface area contributed by atoms with Crippen LogP contribution in [0.25, 0.3) is 0 Å². The molecule has 2 fully saturated rings. The number of nitrogens with zero attached hydrogens (tertiary/aromatic N) is 3. The maximum absolute atomic E-state index is 14.3. The van der Waals surface area contributed by atoms with Gasteiger partial charge in [-0.05, 0) is 54.2 Å². The molecule has 6 nitrogen and oxygen atoms in total. The van der Waals surface area contributed by atoms with E-state index in [9.17, 15) is 19.2 Å². The molecule has 0 saturated carbocycles. The topological polar surface area (TPSA) is 76.4 Å². The van der Waals surface area contributed by atoms with Crippen molar-refractivity contribution in [1.29, 1.82) is 5.26 Å². The molecule has 2 unspecified atom stereocenters. The van der Waals surface area contributed by atoms with Crippen molar-refractivity contribution in [2.75, 3.05) is 32.7 Å². The Bertz CT molecular complexity index is 1340. The van der Waals surface area contributed by atoms with Crippen molar-refractivity contribution >= 4 is 23.4 Å². The second-order valence-electron chi connectivity index (χ2n) is 10.0. The van der Waals surface area contributed by atoms with Gasteiger partial charge in [0.25, 0.3) is 11.8 Å². The van der Waals surface area contributed by atoms with E-state index < -0.39 is 5.82 Å². The number of nitriles is 1. The molecule has 38 heavy (non-hydrogen) atoms. The SMILES string of the molecule is N#Cc1cccc(C(=O)NC(CCN2CC3CN(C(=O)c4c(F)cccc4Cl)C[C@@H]3C2)c2ccccc2)c1. The number of fused-ring (bicyclic) bond motifs is 1. The van der Waals surface area contributed by atoms with Crippen LogP contribution >= 0.6 is 11.6 Å². The van der Waals surface area contributed by atoms with Gasteiger partial charge in [-0.25, -0.2) is 4.39 Å². The Morgan fingerprint density at radius 2 is 1.71 bits per heavy atom. The molecule has 0 bridgehead atoms. The number of hydrogen-bond donors (Lipinski definition) is 1. The number of benzene rings is 3. The van der Waals surface area contributed by atoms with Crippen LogP contribution < -0.4 is 5.32 Å². The first-order valence-corrected chi connectivity index (χ1v) is 13.1. The Kier molecular flexibility index (Phi) is 7.73. The first kappa shape index (κ1) is 25.9. The Morgan fingerprint density at radius 3 is 2.39 bits per heavy atom. The Balaban J connectivity index is 1.20. The average Bonchev–Trinajstić information content (AvgIpc) is 3.50. The van der Waals surface area contributed by atoms with Gasteiger partial charge >= 0.3 is 0 Å². The number of amides is 2. The van der Waals surface area contributed by atoms with Crippen molar-refractivity contribution in [2.45, 2.75) is 12.5 Å². The molecule has 2 saturated heterocycles. The normalized spacial score (nSPS) is 19.6. The van der Waals surface area contributed by atoms with E-state index in [1.807, 2.05) is 30.3 Å². The predicted molar refractivity (Wildman–Crippen MR) is 143 cm³/mol. The summed E-state index contributed by atoms with van der Waals surface area (Å²) in [7, 11) is 0. The number of nitrogens with one attached hydrogen (secondary N) is 1. The van der Waals surface area contributed by atoms with E-state index in [1.165, 1.54) is 12.1 Å². The van der Waals surface area contributed by atoms with Crippen LogP contribution in [0.1, 0.15) is 44.3 Å². The first-order valence-electron chi connectivity index (χ1n) is 12.7. The third-order valence-corrected chi connectivity index (χ3v) is 7.84. The third-order valence-electron chi connectivity index (χ3n) is 7.52. The van der Waals surface area contributed by atoms with Gasteiger partial charge in [-0.2, -0.15) is 5.26 Å². The van der Waals surface area contributed by atoms with Gasteiger partial charge < -0.3 is 15.1 Å². The van der Waals surface area contributed by atoms with Gasteiger partial charge in [-0.3, -0.25) is 9.59 Å². The minimum absolute atomic E-state index is 0.0484. The summed E-state index contributed by atoms with van der Waals surface area (Å²) in [6.45, 7) is 3.65. The van der Waals surface area contributed by atoms with Gasteiger partial charge in [0.05, 0.1) is 28.3 Å². The Hall–Kier alpha value is -3.73. The lowest BCUT2D eigenvalue weighted by atomic mass is 10.0. The lowest BCUT2D eigenvalue weighted by Gasteiger charge is -2.25. The van der Waals surface area contributed by atoms with E-state index in [0.29, 0.717) is 36.1 Å². The lowest BCUT2D eigenvalue weighted by Crippen LogP contribution is -2.35. The highest BCUT2D eigenvalue weighted by Crippen LogP contribution is 2.33. The van der Waals surface area contributed by atoms with Crippen LogP contribution in [0.5, 0.6) is 0 Å². The van der Waals surface area contributed by atoms with E-state index in [4.69, 9.17) is 11.6 Å². The van der Waals surface area contributed by atoms with Gasteiger partial charge in [-0.1, -0.05) is 54.1 Å². The van der Waals surface area contributed by atoms with E-state index >= 15 is 0 Å². The Morgan fingerprint density at radius 1 is 1.00 bits per heavy atom. The van der Waals surface area contributed by atoms with Crippen molar-refractivity contribution in [1.82, 2.24) is 15.1 Å². The minimum Gasteiger partial charge on any atom is -0.345 e. The predicted octanol–water partition coefficient (Wildman–Crippen LogP) is 4.92. The van der Waals surface area contributed by atoms with Crippen LogP contribution in [0.2, 0.25) is 5.02 Å². The van der Waals surface area contributed by atoms with Crippen molar-refractivity contribution in [3.63, 3.8) is 0 Å². The Labute approximate surface area is 226 Å². The number of halogens is 2. The fourth-order valence-electron chi connectivity index (χ4n) is 5.59. The fraction of sp³-hybridized carbons (Fsp3) is 0.300. The zero-order valence-corrected chi connectivity index (χ0v) is 21.6. The molecule has 2 aliphatic heterocycles. The van der Waals surface area contributed by atoms with Crippen molar-refractivity contribution in [2.24, 2.45) is 11.8 Å². The van der Waals surface area contributed by atoms with Crippen molar-refractivity contribution in [3.8, 4) is 6.07 Å². The molecular formula is C30H28ClFN4O2. The number of rotatable bonds is 7. The second kappa shape index (κ2) is 11.3. The molecular weight excluding hydrogens is 503 g/mol. The van der Waals surface area contributed by atoms with E-state index in [-0.39, 0.29) is 28.4 Å². The fourth-order valence-corrected chi connectivity index (χ4v) is 5.83. The summed E-state index contributed by atoms with van der Waals surface area (Å²) in [4.78, 5) is 30.1. The summed E-state index contributed by atoms with van der Waals surface area (Å²) in [6.07, 6.45) is 0.723. The molecule has 2 amide bonds. The van der Waals surface area contributed by atoms with E-state index in [0.717, 1.165) is 31.6 Å². The zero-order valence-electron chi connectivity index (χ0n) is 20.8. The standard InChI is InChI=1S/C30H28ClFN4O2/c31-25-10-5-11-26(32)28(25)30(38)36-18-23-16-35(17-24(23)19-36)13-12-27(21-7-2-1-3-8-21)34-29(37)22-9-4-6-20(14-22)15-33/h1-11,14,23-24,27H,12-13,16-19H2,(H,34,37)/t23-,24?,27?/m0/s1. The quantitative estimate of drug-likeness (QED) is 0.470. The van der Waals surface area contributed by atoms with E-state index in [1.54, 1.807) is 35.2 Å². The third kappa shape index (κ3) is 5.57. The monoisotopic (exact) mass is 530 g/mol. The van der Waals surface area contributed by atoms with Crippen LogP contribution in [-0.2, 0) is 0 Å². The van der Waals surface area contributed by atoms with Crippen LogP contribution in [0.3, 0.4) is 0 Å². The minimum atomic E-state index is -0.588. The zero-order chi connectivity index (χ0) is 26.6. The van der Waals surface area contributed by atoms with Crippen molar-refractivity contribution < 1.29 is 14.0 Å². The molecule has 3 aromatic carbocycles. The smallest absolute Gasteiger partial charge is 0.258 e. The van der Waals surface area contributed by atoms with Crippen LogP contribution in [0.4, 0.5) is 4.39 Å². The highest BCUT2D eigenvalue weighted by Gasteiger charge is 2.42. The molecule has 0 spiro atoms. The molecule has 0 radical (unpaired) electrons. The van der Waals surface area contributed by atoms with Crippen LogP contribution in [-0.4, -0.2) is 54.3 Å². The first-order chi connectivity index (χ1) is 18.4. The van der Waals surface area contributed by atoms with Gasteiger partial charge in [0.15, 0.2) is 0 Å². The van der Waals surface area contributed by atoms with Gasteiger partial charge in [0.2, 0.25) is 0 Å². The molecule has 2 heterocycles. The van der Waals surface area contributed by atoms with E-state index in [2.05, 4.69) is 16.3 Å². The summed E-state index contributed by atoms with van der Waals surface area (Å²) >= 11 is 6.12. The maximum atomic E-state index is 14.3. The molecule has 3 atom stereocenters. The van der Waals surface area contributed by atoms with Gasteiger partial charge in [0.1, 0.15) is 5.82 Å². The highest BCUT2D eigenvalue weighted by molar-refractivity contribution is 6.33. The highest BCUT2D eigenvalue weighted by atomic mass is 35.5. The van der Waals surface area contributed by atoms with Gasteiger partial charge in [-0.15, -0.1) is 0 Å². The molecule has 194 valence electrons. The van der Waals surface area contributed by atoms with Crippen molar-refractivity contribution in [3.05, 3.63) is 106 Å². The maximum Gasteiger partial charge on any atom is 0.258 e. The molecule has 3 aromatic rings. The molecule has 2 aliphatic rings. The molecule has 0 aliphatic carbocycles. The molecule has 5 rings (SSSR count). The largest absolute Gasteiger partial charge is 0.345 e. The lowest BCUT2D eigenvalue weighted by molar-refractivity contribution is 0.0769. The summed E-state index contributed by atoms with van der Waals surface area (Å²) < 4.78 is 14.3. The average molecular weight is 531 g/mol. The van der Waals surface area contributed by atoms with Crippen LogP contribution in [0.15, 0.2) is 72.8 Å². The van der Waals surface area contributed by atoms with Crippen LogP contribution in [0, 0.1) is 29.0 Å². The number of carbonyl (C=O) groups is 2. The summed E-state index contributed by atoms with van der Waals surface area (Å²) in [6, 6.07) is 22.8. The summed E-state index contributed by atoms with van der Waals surface area (Å²) in [5, 5.41) is 12.5. The number of hydrogen-bond acceptors (Lipinski definition) is 4. The summed E-state index contributed by atoms with van der Waals surface area (Å²) in [5.41, 5.74) is 1.88.